The summed E-state index contributed by atoms with van der Waals surface area (Å²) in [6.45, 7) is 3.04. The van der Waals surface area contributed by atoms with Gasteiger partial charge in [0, 0.05) is 35.3 Å². The van der Waals surface area contributed by atoms with Gasteiger partial charge in [0.1, 0.15) is 21.5 Å². The van der Waals surface area contributed by atoms with Crippen molar-refractivity contribution < 1.29 is 110 Å². The summed E-state index contributed by atoms with van der Waals surface area (Å²) < 4.78 is 35.8. The van der Waals surface area contributed by atoms with Crippen LogP contribution in [0.25, 0.3) is 11.4 Å². The van der Waals surface area contributed by atoms with Crippen LogP contribution in [0.2, 0.25) is 0 Å². The Hall–Kier alpha value is -5.06. The summed E-state index contributed by atoms with van der Waals surface area (Å²) in [6, 6.07) is 21.1. The number of aryl methyl sites for hydroxylation is 2. The molecule has 6 rings (SSSR count). The minimum atomic E-state index is -5.10. The van der Waals surface area contributed by atoms with E-state index in [1.54, 1.807) is 61.5 Å². The number of non-ortho nitro benzene ring substituents is 1. The van der Waals surface area contributed by atoms with Crippen LogP contribution in [0.5, 0.6) is 11.5 Å². The molecule has 1 radical (unpaired) electrons. The molecule has 0 aliphatic rings. The summed E-state index contributed by atoms with van der Waals surface area (Å²) in [4.78, 5) is 43.9. The summed E-state index contributed by atoms with van der Waals surface area (Å²) in [6.07, 6.45) is 0. The average Bonchev–Trinajstić information content (AvgIpc) is 3.59. The molecule has 0 amide bonds. The molecule has 4 aromatic carbocycles. The summed E-state index contributed by atoms with van der Waals surface area (Å²) in [5.74, 6) is -1.79. The maximum Gasteiger partial charge on any atom is 3.00 e. The van der Waals surface area contributed by atoms with Crippen molar-refractivity contribution in [3.05, 3.63) is 143 Å². The van der Waals surface area contributed by atoms with Gasteiger partial charge in [0.05, 0.1) is 26.1 Å². The SMILES string of the molecule is Cc1[n-]n(-c2ccccc2)c(=O)c1N=Nc1cc(S(=O)(=O)[O-])cc([N+](=O)[O-])c1[O-].Cc1[n-]n(-c2ccccc2)c(=O)c1N=Nc1cc([N+](=O)[O-])ccc1[O-].[Cr+3].[Na+].[Na+]. The van der Waals surface area contributed by atoms with Gasteiger partial charge in [-0.25, -0.2) is 8.42 Å². The molecule has 279 valence electrons. The van der Waals surface area contributed by atoms with Crippen LogP contribution in [0.15, 0.2) is 126 Å². The van der Waals surface area contributed by atoms with Gasteiger partial charge in [-0.3, -0.25) is 29.8 Å². The Morgan fingerprint density at radius 1 is 0.649 bits per heavy atom. The smallest absolute Gasteiger partial charge is 0.871 e. The Morgan fingerprint density at radius 2 is 1.11 bits per heavy atom. The van der Waals surface area contributed by atoms with Crippen LogP contribution in [0, 0.1) is 34.1 Å². The Labute approximate surface area is 375 Å². The van der Waals surface area contributed by atoms with Crippen molar-refractivity contribution in [2.75, 3.05) is 0 Å². The van der Waals surface area contributed by atoms with E-state index in [1.165, 1.54) is 11.6 Å². The van der Waals surface area contributed by atoms with E-state index in [9.17, 15) is 53.0 Å². The zero-order valence-corrected chi connectivity index (χ0v) is 36.0. The second-order valence-electron chi connectivity index (χ2n) is 10.8. The van der Waals surface area contributed by atoms with Gasteiger partial charge in [-0.1, -0.05) is 62.1 Å². The molecule has 6 aromatic rings. The number of azo groups is 2. The van der Waals surface area contributed by atoms with Crippen molar-refractivity contribution in [1.29, 1.82) is 0 Å². The van der Waals surface area contributed by atoms with E-state index in [2.05, 4.69) is 30.7 Å². The second kappa shape index (κ2) is 20.4. The van der Waals surface area contributed by atoms with E-state index < -0.39 is 58.9 Å². The maximum atomic E-state index is 12.5. The number of nitro benzene ring substituents is 2. The predicted octanol–water partition coefficient (Wildman–Crippen LogP) is -2.09. The minimum Gasteiger partial charge on any atom is -0.871 e. The predicted molar refractivity (Wildman–Crippen MR) is 182 cm³/mol. The van der Waals surface area contributed by atoms with Gasteiger partial charge in [-0.15, -0.1) is 21.6 Å². The first-order chi connectivity index (χ1) is 25.6. The molecule has 0 atom stereocenters. The van der Waals surface area contributed by atoms with E-state index in [0.29, 0.717) is 29.2 Å². The molecular weight excluding hydrogens is 830 g/mol. The third-order valence-electron chi connectivity index (χ3n) is 7.15. The molecule has 0 N–H and O–H groups in total. The fourth-order valence-electron chi connectivity index (χ4n) is 4.55. The molecule has 2 aromatic heterocycles. The average molecular weight is 852 g/mol. The quantitative estimate of drug-likeness (QED) is 0.0496. The van der Waals surface area contributed by atoms with Gasteiger partial charge in [0.25, 0.3) is 22.5 Å². The first-order valence-corrected chi connectivity index (χ1v) is 16.4. The van der Waals surface area contributed by atoms with Crippen LogP contribution in [-0.4, -0.2) is 32.2 Å². The Morgan fingerprint density at radius 3 is 1.53 bits per heavy atom. The standard InChI is InChI=1S/C16H13N5O7S.C16H13N5O4.Cr.2Na/c1-9-14(16(23)20(19-9)10-5-3-2-4-6-10)18-17-12-7-11(29(26,27)28)8-13(15(12)22)21(24)25;1-10-15(16(23)20(19-10)11-5-3-2-4-6-11)18-17-13-9-12(21(24)25)7-8-14(13)22;;;/h2-8H,1H3,(H3,17,18,19,22,23,26,27,28);2-9H,1H3,(H2,17,18,19,22,23);;;/q;;+3;2*+1/p-5. The Kier molecular flexibility index (Phi) is 17.2. The minimum absolute atomic E-state index is 0. The Bertz CT molecular complexity index is 2700. The second-order valence-corrected chi connectivity index (χ2v) is 12.2. The first-order valence-electron chi connectivity index (χ1n) is 14.9. The van der Waals surface area contributed by atoms with Crippen molar-refractivity contribution in [3.8, 4) is 22.9 Å². The molecule has 57 heavy (non-hydrogen) atoms. The van der Waals surface area contributed by atoms with Crippen LogP contribution in [0.4, 0.5) is 34.1 Å². The summed E-state index contributed by atoms with van der Waals surface area (Å²) in [5.41, 5.74) is -2.41. The number of aromatic nitrogens is 4. The molecule has 0 aliphatic carbocycles. The van der Waals surface area contributed by atoms with Gasteiger partial charge in [0.15, 0.2) is 0 Å². The van der Waals surface area contributed by atoms with E-state index in [4.69, 9.17) is 0 Å². The maximum absolute atomic E-state index is 12.5. The number of nitro groups is 2. The summed E-state index contributed by atoms with van der Waals surface area (Å²) in [5, 5.41) is 68.3. The van der Waals surface area contributed by atoms with E-state index in [1.807, 2.05) is 6.07 Å². The normalized spacial score (nSPS) is 10.9. The molecule has 0 saturated heterocycles. The fourth-order valence-corrected chi connectivity index (χ4v) is 5.06. The van der Waals surface area contributed by atoms with E-state index in [0.717, 1.165) is 22.9 Å². The molecule has 0 unspecified atom stereocenters. The molecule has 25 heteroatoms. The van der Waals surface area contributed by atoms with Gasteiger partial charge in [0.2, 0.25) is 0 Å². The molecule has 0 aliphatic heterocycles. The first kappa shape index (κ1) is 48.1. The van der Waals surface area contributed by atoms with E-state index in [-0.39, 0.29) is 105 Å². The topological polar surface area (TPSA) is 311 Å². The van der Waals surface area contributed by atoms with Crippen LogP contribution in [0.3, 0.4) is 0 Å². The number of rotatable bonds is 9. The zero-order chi connectivity index (χ0) is 39.3. The molecular formula is C32H21CrN10Na2O11S. The number of para-hydroxylation sites is 2. The van der Waals surface area contributed by atoms with Crippen molar-refractivity contribution in [1.82, 2.24) is 19.6 Å². The third kappa shape index (κ3) is 11.3. The zero-order valence-electron chi connectivity index (χ0n) is 29.9. The summed E-state index contributed by atoms with van der Waals surface area (Å²) >= 11 is 0. The van der Waals surface area contributed by atoms with E-state index >= 15 is 0 Å². The molecule has 0 bridgehead atoms. The monoisotopic (exact) mass is 851 g/mol. The van der Waals surface area contributed by atoms with Crippen LogP contribution in [-0.2, 0) is 27.5 Å². The van der Waals surface area contributed by atoms with Crippen LogP contribution in [0.1, 0.15) is 11.4 Å². The molecule has 0 fully saturated rings. The fraction of sp³-hybridized carbons (Fsp3) is 0.0625. The van der Waals surface area contributed by atoms with Gasteiger partial charge >= 0.3 is 76.5 Å². The summed E-state index contributed by atoms with van der Waals surface area (Å²) in [7, 11) is -5.10. The largest absolute Gasteiger partial charge is 3.00 e. The molecule has 2 heterocycles. The Balaban J connectivity index is 0.000000377. The van der Waals surface area contributed by atoms with Gasteiger partial charge < -0.3 is 34.3 Å². The van der Waals surface area contributed by atoms with Crippen LogP contribution >= 0.6 is 0 Å². The van der Waals surface area contributed by atoms with Crippen molar-refractivity contribution in [3.63, 3.8) is 0 Å². The van der Waals surface area contributed by atoms with Crippen molar-refractivity contribution in [2.45, 2.75) is 18.7 Å². The number of hydrogen-bond donors (Lipinski definition) is 0. The number of benzene rings is 4. The molecule has 21 nitrogen and oxygen atoms in total. The van der Waals surface area contributed by atoms with Crippen molar-refractivity contribution >= 4 is 44.2 Å². The molecule has 0 saturated carbocycles. The van der Waals surface area contributed by atoms with Gasteiger partial charge in [-0.2, -0.15) is 10.2 Å². The van der Waals surface area contributed by atoms with Gasteiger partial charge in [-0.05, 0) is 30.3 Å². The van der Waals surface area contributed by atoms with Crippen LogP contribution < -0.4 is 90.6 Å². The number of hydrogen-bond acceptors (Lipinski definition) is 15. The molecule has 0 spiro atoms. The van der Waals surface area contributed by atoms with Crippen molar-refractivity contribution in [2.24, 2.45) is 20.5 Å². The third-order valence-corrected chi connectivity index (χ3v) is 7.97. The number of nitrogens with zero attached hydrogens (tertiary/aromatic N) is 10.